The van der Waals surface area contributed by atoms with Gasteiger partial charge in [0.25, 0.3) is 0 Å². The fraction of sp³-hybridized carbons (Fsp3) is 0.200. The van der Waals surface area contributed by atoms with E-state index in [4.69, 9.17) is 0 Å². The van der Waals surface area contributed by atoms with Crippen LogP contribution in [0.15, 0.2) is 47.2 Å². The first-order valence-corrected chi connectivity index (χ1v) is 7.01. The molecule has 0 spiro atoms. The second kappa shape index (κ2) is 5.13. The van der Waals surface area contributed by atoms with Crippen LogP contribution in [0.1, 0.15) is 17.5 Å². The molecule has 2 heterocycles. The van der Waals surface area contributed by atoms with E-state index in [2.05, 4.69) is 27.0 Å². The molecule has 0 saturated carbocycles. The topological polar surface area (TPSA) is 33.2 Å². The fourth-order valence-corrected chi connectivity index (χ4v) is 2.81. The van der Waals surface area contributed by atoms with Gasteiger partial charge in [0, 0.05) is 29.0 Å². The number of benzene rings is 1. The van der Waals surface area contributed by atoms with Crippen LogP contribution in [0.25, 0.3) is 0 Å². The van der Waals surface area contributed by atoms with Gasteiger partial charge in [-0.25, -0.2) is 0 Å². The molecule has 96 valence electrons. The van der Waals surface area contributed by atoms with Crippen molar-refractivity contribution < 1.29 is 4.79 Å². The van der Waals surface area contributed by atoms with Gasteiger partial charge in [-0.3, -0.25) is 9.78 Å². The number of carbonyl (C=O) groups excluding carboxylic acids is 1. The Hall–Kier alpha value is -1.68. The van der Waals surface area contributed by atoms with Crippen LogP contribution >= 0.6 is 15.9 Å². The van der Waals surface area contributed by atoms with Crippen molar-refractivity contribution >= 4 is 27.5 Å². The Morgan fingerprint density at radius 3 is 2.89 bits per heavy atom. The number of rotatable bonds is 2. The van der Waals surface area contributed by atoms with Crippen molar-refractivity contribution in [3.05, 3.63) is 58.3 Å². The normalized spacial score (nSPS) is 14.4. The zero-order valence-corrected chi connectivity index (χ0v) is 11.9. The third-order valence-electron chi connectivity index (χ3n) is 3.29. The number of anilines is 1. The third kappa shape index (κ3) is 2.54. The minimum Gasteiger partial charge on any atom is -0.308 e. The Labute approximate surface area is 120 Å². The van der Waals surface area contributed by atoms with Gasteiger partial charge in [-0.15, -0.1) is 0 Å². The average molecular weight is 317 g/mol. The molecule has 0 aliphatic carbocycles. The van der Waals surface area contributed by atoms with Crippen molar-refractivity contribution in [1.82, 2.24) is 4.98 Å². The van der Waals surface area contributed by atoms with Gasteiger partial charge in [-0.2, -0.15) is 0 Å². The second-order valence-electron chi connectivity index (χ2n) is 4.62. The van der Waals surface area contributed by atoms with Crippen LogP contribution in [0.3, 0.4) is 0 Å². The van der Waals surface area contributed by atoms with Gasteiger partial charge in [0.15, 0.2) is 0 Å². The first-order valence-electron chi connectivity index (χ1n) is 6.22. The molecule has 2 aromatic rings. The molecule has 0 saturated heterocycles. The fourth-order valence-electron chi connectivity index (χ4n) is 2.39. The maximum atomic E-state index is 12.1. The van der Waals surface area contributed by atoms with Gasteiger partial charge in [-0.1, -0.05) is 18.2 Å². The highest BCUT2D eigenvalue weighted by atomic mass is 79.9. The summed E-state index contributed by atoms with van der Waals surface area (Å²) < 4.78 is 0.933. The van der Waals surface area contributed by atoms with E-state index >= 15 is 0 Å². The summed E-state index contributed by atoms with van der Waals surface area (Å²) in [5.74, 6) is 0.179. The first-order chi connectivity index (χ1) is 9.24. The molecular weight excluding hydrogens is 304 g/mol. The predicted octanol–water partition coefficient (Wildman–Crippen LogP) is 3.32. The molecule has 1 aliphatic heterocycles. The molecule has 1 aromatic carbocycles. The molecule has 1 aliphatic rings. The molecule has 0 radical (unpaired) electrons. The summed E-state index contributed by atoms with van der Waals surface area (Å²) in [4.78, 5) is 18.1. The summed E-state index contributed by atoms with van der Waals surface area (Å²) in [7, 11) is 0. The van der Waals surface area contributed by atoms with Crippen LogP contribution in [-0.2, 0) is 17.8 Å². The standard InChI is InChI=1S/C15H13BrN2O/c16-13-7-11(8-17-9-13)10-18-14-4-2-1-3-12(14)5-6-15(18)19/h1-4,7-9H,5-6,10H2. The van der Waals surface area contributed by atoms with E-state index < -0.39 is 0 Å². The van der Waals surface area contributed by atoms with Crippen LogP contribution in [-0.4, -0.2) is 10.9 Å². The molecule has 0 unspecified atom stereocenters. The lowest BCUT2D eigenvalue weighted by Gasteiger charge is -2.29. The number of hydrogen-bond acceptors (Lipinski definition) is 2. The van der Waals surface area contributed by atoms with Gasteiger partial charge < -0.3 is 4.90 Å². The zero-order chi connectivity index (χ0) is 13.2. The highest BCUT2D eigenvalue weighted by Gasteiger charge is 2.23. The van der Waals surface area contributed by atoms with Crippen molar-refractivity contribution in [2.45, 2.75) is 19.4 Å². The first kappa shape index (κ1) is 12.4. The molecule has 0 bridgehead atoms. The molecule has 3 nitrogen and oxygen atoms in total. The number of fused-ring (bicyclic) bond motifs is 1. The van der Waals surface area contributed by atoms with Crippen LogP contribution in [0.4, 0.5) is 5.69 Å². The number of halogens is 1. The number of carbonyl (C=O) groups is 1. The number of amides is 1. The second-order valence-corrected chi connectivity index (χ2v) is 5.54. The van der Waals surface area contributed by atoms with Crippen molar-refractivity contribution in [1.29, 1.82) is 0 Å². The van der Waals surface area contributed by atoms with E-state index in [0.29, 0.717) is 13.0 Å². The van der Waals surface area contributed by atoms with Crippen molar-refractivity contribution in [3.8, 4) is 0 Å². The minimum atomic E-state index is 0.179. The molecule has 0 fully saturated rings. The molecular formula is C15H13BrN2O. The molecule has 19 heavy (non-hydrogen) atoms. The monoisotopic (exact) mass is 316 g/mol. The SMILES string of the molecule is O=C1CCc2ccccc2N1Cc1cncc(Br)c1. The number of aryl methyl sites for hydroxylation is 1. The quantitative estimate of drug-likeness (QED) is 0.851. The highest BCUT2D eigenvalue weighted by molar-refractivity contribution is 9.10. The van der Waals surface area contributed by atoms with Gasteiger partial charge >= 0.3 is 0 Å². The summed E-state index contributed by atoms with van der Waals surface area (Å²) in [6.45, 7) is 0.572. The van der Waals surface area contributed by atoms with Crippen LogP contribution in [0.5, 0.6) is 0 Å². The Morgan fingerprint density at radius 1 is 1.21 bits per heavy atom. The molecule has 0 atom stereocenters. The number of nitrogens with zero attached hydrogens (tertiary/aromatic N) is 2. The maximum absolute atomic E-state index is 12.1. The van der Waals surface area contributed by atoms with Gasteiger partial charge in [0.05, 0.1) is 6.54 Å². The lowest BCUT2D eigenvalue weighted by molar-refractivity contribution is -0.119. The van der Waals surface area contributed by atoms with E-state index in [-0.39, 0.29) is 5.91 Å². The zero-order valence-electron chi connectivity index (χ0n) is 10.3. The lowest BCUT2D eigenvalue weighted by atomic mass is 10.0. The summed E-state index contributed by atoms with van der Waals surface area (Å²) >= 11 is 3.41. The van der Waals surface area contributed by atoms with Crippen LogP contribution < -0.4 is 4.90 Å². The van der Waals surface area contributed by atoms with Crippen molar-refractivity contribution in [2.24, 2.45) is 0 Å². The molecule has 0 N–H and O–H groups in total. The Bertz CT molecular complexity index is 627. The lowest BCUT2D eigenvalue weighted by Crippen LogP contribution is -2.34. The van der Waals surface area contributed by atoms with E-state index in [9.17, 15) is 4.79 Å². The van der Waals surface area contributed by atoms with Gasteiger partial charge in [-0.05, 0) is 45.6 Å². The molecule has 1 aromatic heterocycles. The maximum Gasteiger partial charge on any atom is 0.227 e. The van der Waals surface area contributed by atoms with Crippen LogP contribution in [0.2, 0.25) is 0 Å². The predicted molar refractivity (Wildman–Crippen MR) is 77.9 cm³/mol. The average Bonchev–Trinajstić information content (AvgIpc) is 2.42. The summed E-state index contributed by atoms with van der Waals surface area (Å²) in [6, 6.07) is 10.1. The van der Waals surface area contributed by atoms with Gasteiger partial charge in [0.1, 0.15) is 0 Å². The highest BCUT2D eigenvalue weighted by Crippen LogP contribution is 2.29. The Balaban J connectivity index is 1.94. The van der Waals surface area contributed by atoms with Gasteiger partial charge in [0.2, 0.25) is 5.91 Å². The number of pyridine rings is 1. The summed E-state index contributed by atoms with van der Waals surface area (Å²) in [5.41, 5.74) is 3.29. The smallest absolute Gasteiger partial charge is 0.227 e. The van der Waals surface area contributed by atoms with E-state index in [1.165, 1.54) is 5.56 Å². The van der Waals surface area contributed by atoms with Crippen molar-refractivity contribution in [3.63, 3.8) is 0 Å². The Morgan fingerprint density at radius 2 is 2.05 bits per heavy atom. The summed E-state index contributed by atoms with van der Waals surface area (Å²) in [6.07, 6.45) is 4.96. The van der Waals surface area contributed by atoms with Crippen LogP contribution in [0, 0.1) is 0 Å². The minimum absolute atomic E-state index is 0.179. The third-order valence-corrected chi connectivity index (χ3v) is 3.73. The molecule has 3 rings (SSSR count). The molecule has 1 amide bonds. The van der Waals surface area contributed by atoms with E-state index in [1.807, 2.05) is 29.2 Å². The van der Waals surface area contributed by atoms with Crippen molar-refractivity contribution in [2.75, 3.05) is 4.90 Å². The van der Waals surface area contributed by atoms with E-state index in [0.717, 1.165) is 22.1 Å². The summed E-state index contributed by atoms with van der Waals surface area (Å²) in [5, 5.41) is 0. The Kier molecular flexibility index (Phi) is 3.34. The number of para-hydroxylation sites is 1. The number of aromatic nitrogens is 1. The molecule has 4 heteroatoms. The largest absolute Gasteiger partial charge is 0.308 e. The number of hydrogen-bond donors (Lipinski definition) is 0. The van der Waals surface area contributed by atoms with E-state index in [1.54, 1.807) is 12.4 Å².